The van der Waals surface area contributed by atoms with Gasteiger partial charge in [0.25, 0.3) is 17.6 Å². The van der Waals surface area contributed by atoms with Crippen molar-refractivity contribution in [3.05, 3.63) is 76.4 Å². The molecule has 8 nitrogen and oxygen atoms in total. The fourth-order valence-electron chi connectivity index (χ4n) is 3.78. The van der Waals surface area contributed by atoms with E-state index in [1.54, 1.807) is 52.1 Å². The molecular formula is C24H22FN5O3. The van der Waals surface area contributed by atoms with Gasteiger partial charge in [-0.1, -0.05) is 18.2 Å². The molecule has 0 atom stereocenters. The summed E-state index contributed by atoms with van der Waals surface area (Å²) in [5.74, 6) is -2.47. The van der Waals surface area contributed by atoms with Gasteiger partial charge in [-0.15, -0.1) is 0 Å². The number of fused-ring (bicyclic) bond motifs is 1. The highest BCUT2D eigenvalue weighted by molar-refractivity contribution is 6.47. The molecule has 33 heavy (non-hydrogen) atoms. The topological polar surface area (TPSA) is 109 Å². The van der Waals surface area contributed by atoms with Gasteiger partial charge in [0.15, 0.2) is 0 Å². The lowest BCUT2D eigenvalue weighted by molar-refractivity contribution is -0.112. The number of para-hydroxylation sites is 2. The molecule has 0 spiro atoms. The summed E-state index contributed by atoms with van der Waals surface area (Å²) in [6.45, 7) is 4.87. The molecule has 0 saturated heterocycles. The van der Waals surface area contributed by atoms with Crippen LogP contribution in [-0.2, 0) is 11.8 Å². The molecule has 0 aliphatic heterocycles. The van der Waals surface area contributed by atoms with Gasteiger partial charge in [0.2, 0.25) is 5.95 Å². The molecule has 0 aliphatic rings. The summed E-state index contributed by atoms with van der Waals surface area (Å²) in [6, 6.07) is 11.6. The van der Waals surface area contributed by atoms with Gasteiger partial charge < -0.3 is 14.9 Å². The van der Waals surface area contributed by atoms with Crippen molar-refractivity contribution in [1.82, 2.24) is 14.5 Å². The van der Waals surface area contributed by atoms with Crippen LogP contribution < -0.4 is 10.6 Å². The molecule has 4 aromatic rings. The van der Waals surface area contributed by atoms with Crippen molar-refractivity contribution >= 4 is 40.3 Å². The minimum atomic E-state index is -0.876. The van der Waals surface area contributed by atoms with Crippen LogP contribution in [0.3, 0.4) is 0 Å². The Morgan fingerprint density at radius 1 is 1.03 bits per heavy atom. The van der Waals surface area contributed by atoms with Crippen molar-refractivity contribution in [3.63, 3.8) is 0 Å². The number of anilines is 2. The standard InChI is InChI=1S/C24H22FN5O3/c1-12-9-10-15(11-16(12)25)26-22(32)20-13(2)19(14(3)30(20)4)21(31)23(33)29-24-27-17-7-5-6-8-18(17)28-24/h5-11H,1-4H3,(H,26,32)(H2,27,28,29,33). The Morgan fingerprint density at radius 3 is 2.45 bits per heavy atom. The van der Waals surface area contributed by atoms with E-state index >= 15 is 0 Å². The first-order valence-corrected chi connectivity index (χ1v) is 10.2. The van der Waals surface area contributed by atoms with Crippen LogP contribution in [0.1, 0.15) is 37.7 Å². The number of aromatic amines is 1. The van der Waals surface area contributed by atoms with Crippen molar-refractivity contribution < 1.29 is 18.8 Å². The zero-order chi connectivity index (χ0) is 23.9. The highest BCUT2D eigenvalue weighted by atomic mass is 19.1. The first-order chi connectivity index (χ1) is 15.7. The second-order valence-corrected chi connectivity index (χ2v) is 7.80. The zero-order valence-corrected chi connectivity index (χ0v) is 18.5. The maximum atomic E-state index is 13.8. The summed E-state index contributed by atoms with van der Waals surface area (Å²) >= 11 is 0. The van der Waals surface area contributed by atoms with Gasteiger partial charge in [0.1, 0.15) is 11.5 Å². The van der Waals surface area contributed by atoms with Crippen molar-refractivity contribution in [1.29, 1.82) is 0 Å². The molecule has 9 heteroatoms. The average molecular weight is 447 g/mol. The molecule has 0 radical (unpaired) electrons. The number of hydrogen-bond acceptors (Lipinski definition) is 4. The number of carbonyl (C=O) groups is 3. The summed E-state index contributed by atoms with van der Waals surface area (Å²) in [5, 5.41) is 5.13. The third-order valence-corrected chi connectivity index (χ3v) is 5.63. The first kappa shape index (κ1) is 21.9. The summed E-state index contributed by atoms with van der Waals surface area (Å²) in [5.41, 5.74) is 3.26. The van der Waals surface area contributed by atoms with Crippen LogP contribution >= 0.6 is 0 Å². The number of nitrogens with one attached hydrogen (secondary N) is 3. The van der Waals surface area contributed by atoms with E-state index in [0.29, 0.717) is 22.3 Å². The fourth-order valence-corrected chi connectivity index (χ4v) is 3.78. The number of nitrogens with zero attached hydrogens (tertiary/aromatic N) is 2. The summed E-state index contributed by atoms with van der Waals surface area (Å²) in [7, 11) is 1.63. The predicted octanol–water partition coefficient (Wildman–Crippen LogP) is 4.04. The third kappa shape index (κ3) is 4.00. The monoisotopic (exact) mass is 447 g/mol. The summed E-state index contributed by atoms with van der Waals surface area (Å²) < 4.78 is 15.4. The number of halogens is 1. The van der Waals surface area contributed by atoms with Crippen molar-refractivity contribution in [3.8, 4) is 0 Å². The van der Waals surface area contributed by atoms with E-state index in [1.165, 1.54) is 10.6 Å². The molecule has 0 unspecified atom stereocenters. The van der Waals surface area contributed by atoms with Crippen molar-refractivity contribution in [2.45, 2.75) is 20.8 Å². The van der Waals surface area contributed by atoms with Crippen LogP contribution in [0.2, 0.25) is 0 Å². The van der Waals surface area contributed by atoms with Gasteiger partial charge in [-0.05, 0) is 56.2 Å². The molecule has 2 amide bonds. The van der Waals surface area contributed by atoms with E-state index in [4.69, 9.17) is 0 Å². The van der Waals surface area contributed by atoms with Gasteiger partial charge in [-0.2, -0.15) is 0 Å². The highest BCUT2D eigenvalue weighted by Crippen LogP contribution is 2.24. The van der Waals surface area contributed by atoms with Crippen LogP contribution in [0.25, 0.3) is 11.0 Å². The molecule has 0 bridgehead atoms. The normalized spacial score (nSPS) is 10.9. The number of carbonyl (C=O) groups excluding carboxylic acids is 3. The Morgan fingerprint density at radius 2 is 1.76 bits per heavy atom. The van der Waals surface area contributed by atoms with Crippen LogP contribution in [0.4, 0.5) is 16.0 Å². The predicted molar refractivity (Wildman–Crippen MR) is 123 cm³/mol. The summed E-state index contributed by atoms with van der Waals surface area (Å²) in [6.07, 6.45) is 0. The van der Waals surface area contributed by atoms with Gasteiger partial charge in [0.05, 0.1) is 16.6 Å². The largest absolute Gasteiger partial charge is 0.343 e. The molecule has 2 heterocycles. The number of rotatable bonds is 5. The van der Waals surface area contributed by atoms with Crippen LogP contribution in [0, 0.1) is 26.6 Å². The molecule has 4 rings (SSSR count). The average Bonchev–Trinajstić information content (AvgIpc) is 3.27. The third-order valence-electron chi connectivity index (χ3n) is 5.63. The van der Waals surface area contributed by atoms with E-state index in [9.17, 15) is 18.8 Å². The molecule has 3 N–H and O–H groups in total. The highest BCUT2D eigenvalue weighted by Gasteiger charge is 2.29. The minimum Gasteiger partial charge on any atom is -0.343 e. The number of hydrogen-bond donors (Lipinski definition) is 3. The number of imidazole rings is 1. The Bertz CT molecular complexity index is 1400. The first-order valence-electron chi connectivity index (χ1n) is 10.2. The van der Waals surface area contributed by atoms with E-state index in [1.807, 2.05) is 12.1 Å². The molecule has 2 aromatic heterocycles. The Balaban J connectivity index is 1.59. The van der Waals surface area contributed by atoms with Crippen LogP contribution in [0.5, 0.6) is 0 Å². The smallest absolute Gasteiger partial charge is 0.299 e. The fraction of sp³-hybridized carbons (Fsp3) is 0.167. The quantitative estimate of drug-likeness (QED) is 0.317. The zero-order valence-electron chi connectivity index (χ0n) is 18.5. The Kier molecular flexibility index (Phi) is 5.55. The lowest BCUT2D eigenvalue weighted by Crippen LogP contribution is -2.24. The van der Waals surface area contributed by atoms with Crippen LogP contribution in [0.15, 0.2) is 42.5 Å². The minimum absolute atomic E-state index is 0.131. The Labute approximate surface area is 188 Å². The number of aryl methyl sites for hydroxylation is 1. The molecule has 2 aromatic carbocycles. The van der Waals surface area contributed by atoms with E-state index in [2.05, 4.69) is 20.6 Å². The van der Waals surface area contributed by atoms with E-state index in [0.717, 1.165) is 5.52 Å². The lowest BCUT2D eigenvalue weighted by atomic mass is 10.0. The number of ketones is 1. The molecule has 0 fully saturated rings. The maximum absolute atomic E-state index is 13.8. The maximum Gasteiger partial charge on any atom is 0.299 e. The number of H-pyrrole nitrogens is 1. The summed E-state index contributed by atoms with van der Waals surface area (Å²) in [4.78, 5) is 45.8. The van der Waals surface area contributed by atoms with Crippen molar-refractivity contribution in [2.75, 3.05) is 10.6 Å². The van der Waals surface area contributed by atoms with Crippen molar-refractivity contribution in [2.24, 2.45) is 7.05 Å². The van der Waals surface area contributed by atoms with Gasteiger partial charge in [0, 0.05) is 18.4 Å². The molecule has 168 valence electrons. The van der Waals surface area contributed by atoms with Crippen LogP contribution in [-0.4, -0.2) is 32.1 Å². The van der Waals surface area contributed by atoms with Gasteiger partial charge in [-0.25, -0.2) is 9.37 Å². The second-order valence-electron chi connectivity index (χ2n) is 7.80. The number of benzene rings is 2. The molecule has 0 aliphatic carbocycles. The van der Waals surface area contributed by atoms with E-state index in [-0.39, 0.29) is 22.9 Å². The Hall–Kier alpha value is -4.27. The number of aromatic nitrogens is 3. The van der Waals surface area contributed by atoms with Gasteiger partial charge in [-0.3, -0.25) is 19.7 Å². The van der Waals surface area contributed by atoms with Gasteiger partial charge >= 0.3 is 0 Å². The number of Topliss-reactive ketones (excluding diaryl/α,β-unsaturated/α-hetero) is 1. The lowest BCUT2D eigenvalue weighted by Gasteiger charge is -2.09. The molecular weight excluding hydrogens is 425 g/mol. The molecule has 0 saturated carbocycles. The van der Waals surface area contributed by atoms with E-state index < -0.39 is 23.4 Å². The number of amides is 2. The second kappa shape index (κ2) is 8.34. The SMILES string of the molecule is Cc1ccc(NC(=O)c2c(C)c(C(=O)C(=O)Nc3nc4ccccc4[nH]3)c(C)n2C)cc1F.